The number of fused-ring (bicyclic) bond motifs is 1. The number of alkyl halides is 3. The standard InChI is InChI=1S/C21H18ClF3N4O5/c1-4-34-19(32)12-7-10(2)26-17-16(12)18(31)29(20(33)28(17)3)9-15(30)27-14-8-11(21(23,24)25)5-6-13(14)22/h5-8H,4,9H2,1-3H3,(H,27,30). The molecule has 2 heterocycles. The minimum Gasteiger partial charge on any atom is -0.462 e. The van der Waals surface area contributed by atoms with Crippen molar-refractivity contribution in [3.63, 3.8) is 0 Å². The Kier molecular flexibility index (Phi) is 6.82. The van der Waals surface area contributed by atoms with Gasteiger partial charge in [-0.1, -0.05) is 11.6 Å². The van der Waals surface area contributed by atoms with Gasteiger partial charge in [0.1, 0.15) is 12.2 Å². The Balaban J connectivity index is 2.08. The van der Waals surface area contributed by atoms with E-state index in [9.17, 15) is 32.3 Å². The molecule has 1 amide bonds. The number of benzene rings is 1. The van der Waals surface area contributed by atoms with Crippen molar-refractivity contribution in [2.75, 3.05) is 11.9 Å². The second-order valence-electron chi connectivity index (χ2n) is 7.20. The molecule has 0 bridgehead atoms. The van der Waals surface area contributed by atoms with Crippen LogP contribution in [0.4, 0.5) is 18.9 Å². The SMILES string of the molecule is CCOC(=O)c1cc(C)nc2c1c(=O)n(CC(=O)Nc1cc(C(F)(F)F)ccc1Cl)c(=O)n2C. The Bertz CT molecular complexity index is 1430. The molecule has 0 fully saturated rings. The number of ether oxygens (including phenoxy) is 1. The predicted octanol–water partition coefficient (Wildman–Crippen LogP) is 2.89. The number of esters is 1. The Morgan fingerprint density at radius 1 is 1.21 bits per heavy atom. The van der Waals surface area contributed by atoms with Gasteiger partial charge in [-0.25, -0.2) is 14.6 Å². The van der Waals surface area contributed by atoms with Gasteiger partial charge in [-0.15, -0.1) is 0 Å². The molecule has 0 saturated carbocycles. The van der Waals surface area contributed by atoms with Crippen molar-refractivity contribution in [1.82, 2.24) is 14.1 Å². The lowest BCUT2D eigenvalue weighted by Gasteiger charge is -2.14. The maximum Gasteiger partial charge on any atom is 0.416 e. The van der Waals surface area contributed by atoms with Crippen molar-refractivity contribution >= 4 is 40.2 Å². The van der Waals surface area contributed by atoms with Gasteiger partial charge in [-0.05, 0) is 38.1 Å². The first-order chi connectivity index (χ1) is 15.8. The van der Waals surface area contributed by atoms with E-state index in [0.29, 0.717) is 16.3 Å². The van der Waals surface area contributed by atoms with Gasteiger partial charge < -0.3 is 10.1 Å². The average molecular weight is 499 g/mol. The van der Waals surface area contributed by atoms with Gasteiger partial charge in [0.2, 0.25) is 5.91 Å². The second-order valence-corrected chi connectivity index (χ2v) is 7.61. The topological polar surface area (TPSA) is 112 Å². The lowest BCUT2D eigenvalue weighted by atomic mass is 10.1. The average Bonchev–Trinajstić information content (AvgIpc) is 2.75. The molecule has 0 saturated heterocycles. The Hall–Kier alpha value is -3.67. The van der Waals surface area contributed by atoms with Gasteiger partial charge in [0, 0.05) is 12.7 Å². The van der Waals surface area contributed by atoms with Crippen molar-refractivity contribution < 1.29 is 27.5 Å². The number of rotatable bonds is 5. The minimum atomic E-state index is -4.68. The zero-order valence-corrected chi connectivity index (χ0v) is 18.9. The molecule has 2 aromatic heterocycles. The summed E-state index contributed by atoms with van der Waals surface area (Å²) < 4.78 is 45.4. The zero-order valence-electron chi connectivity index (χ0n) is 18.1. The third-order valence-corrected chi connectivity index (χ3v) is 5.12. The lowest BCUT2D eigenvalue weighted by Crippen LogP contribution is -2.42. The zero-order chi connectivity index (χ0) is 25.4. The second kappa shape index (κ2) is 9.29. The summed E-state index contributed by atoms with van der Waals surface area (Å²) in [6.45, 7) is 2.31. The van der Waals surface area contributed by atoms with Gasteiger partial charge in [0.25, 0.3) is 5.56 Å². The van der Waals surface area contributed by atoms with Crippen molar-refractivity contribution in [3.8, 4) is 0 Å². The highest BCUT2D eigenvalue weighted by Gasteiger charge is 2.31. The molecule has 0 atom stereocenters. The first kappa shape index (κ1) is 25.0. The largest absolute Gasteiger partial charge is 0.462 e. The molecular formula is C21H18ClF3N4O5. The highest BCUT2D eigenvalue weighted by molar-refractivity contribution is 6.33. The van der Waals surface area contributed by atoms with Gasteiger partial charge >= 0.3 is 17.8 Å². The van der Waals surface area contributed by atoms with Crippen LogP contribution in [0, 0.1) is 6.92 Å². The minimum absolute atomic E-state index is 0.0296. The van der Waals surface area contributed by atoms with Gasteiger partial charge in [0.15, 0.2) is 0 Å². The van der Waals surface area contributed by atoms with Crippen LogP contribution in [0.2, 0.25) is 5.02 Å². The maximum atomic E-state index is 13.1. The number of nitrogens with zero attached hydrogens (tertiary/aromatic N) is 3. The number of anilines is 1. The molecule has 0 spiro atoms. The number of hydrogen-bond acceptors (Lipinski definition) is 6. The van der Waals surface area contributed by atoms with Crippen LogP contribution in [0.25, 0.3) is 11.0 Å². The maximum absolute atomic E-state index is 13.1. The van der Waals surface area contributed by atoms with E-state index in [4.69, 9.17) is 16.3 Å². The first-order valence-electron chi connectivity index (χ1n) is 9.80. The van der Waals surface area contributed by atoms with Crippen molar-refractivity contribution in [2.24, 2.45) is 7.05 Å². The fourth-order valence-electron chi connectivity index (χ4n) is 3.24. The molecule has 3 aromatic rings. The molecule has 0 aliphatic carbocycles. The smallest absolute Gasteiger partial charge is 0.416 e. The summed E-state index contributed by atoms with van der Waals surface area (Å²) in [5.74, 6) is -1.81. The molecule has 34 heavy (non-hydrogen) atoms. The summed E-state index contributed by atoms with van der Waals surface area (Å²) in [4.78, 5) is 55.0. The number of nitrogens with one attached hydrogen (secondary N) is 1. The molecule has 13 heteroatoms. The van der Waals surface area contributed by atoms with E-state index in [0.717, 1.165) is 16.7 Å². The number of carbonyl (C=O) groups is 2. The summed E-state index contributed by atoms with van der Waals surface area (Å²) in [5, 5.41) is 1.76. The fraction of sp³-hybridized carbons (Fsp3) is 0.286. The van der Waals surface area contributed by atoms with Gasteiger partial charge in [0.05, 0.1) is 33.8 Å². The van der Waals surface area contributed by atoms with E-state index in [1.165, 1.54) is 13.1 Å². The Morgan fingerprint density at radius 3 is 2.50 bits per heavy atom. The monoisotopic (exact) mass is 498 g/mol. The Labute approximate surface area is 194 Å². The molecule has 180 valence electrons. The molecule has 0 aliphatic rings. The van der Waals surface area contributed by atoms with Crippen LogP contribution in [0.5, 0.6) is 0 Å². The first-order valence-corrected chi connectivity index (χ1v) is 10.2. The van der Waals surface area contributed by atoms with Crippen LogP contribution in [0.15, 0.2) is 33.9 Å². The molecule has 3 rings (SSSR count). The summed E-state index contributed by atoms with van der Waals surface area (Å²) in [5.41, 5.74) is -3.19. The van der Waals surface area contributed by atoms with Crippen molar-refractivity contribution in [1.29, 1.82) is 0 Å². The van der Waals surface area contributed by atoms with Gasteiger partial charge in [-0.3, -0.25) is 18.7 Å². The van der Waals surface area contributed by atoms with E-state index in [1.54, 1.807) is 13.8 Å². The van der Waals surface area contributed by atoms with E-state index in [-0.39, 0.29) is 33.9 Å². The summed E-state index contributed by atoms with van der Waals surface area (Å²) in [6.07, 6.45) is -4.68. The van der Waals surface area contributed by atoms with E-state index in [2.05, 4.69) is 10.3 Å². The quantitative estimate of drug-likeness (QED) is 0.541. The van der Waals surface area contributed by atoms with Crippen LogP contribution < -0.4 is 16.6 Å². The summed E-state index contributed by atoms with van der Waals surface area (Å²) in [6, 6.07) is 3.65. The predicted molar refractivity (Wildman–Crippen MR) is 117 cm³/mol. The van der Waals surface area contributed by atoms with Crippen LogP contribution in [-0.4, -0.2) is 32.6 Å². The number of halogens is 4. The van der Waals surface area contributed by atoms with Crippen molar-refractivity contribution in [3.05, 3.63) is 66.9 Å². The number of amides is 1. The number of hydrogen-bond donors (Lipinski definition) is 1. The summed E-state index contributed by atoms with van der Waals surface area (Å²) in [7, 11) is 1.30. The third kappa shape index (κ3) is 4.81. The highest BCUT2D eigenvalue weighted by atomic mass is 35.5. The van der Waals surface area contributed by atoms with Gasteiger partial charge in [-0.2, -0.15) is 13.2 Å². The molecule has 1 N–H and O–H groups in total. The molecule has 0 unspecified atom stereocenters. The van der Waals surface area contributed by atoms with Crippen LogP contribution >= 0.6 is 11.6 Å². The third-order valence-electron chi connectivity index (χ3n) is 4.79. The Morgan fingerprint density at radius 2 is 1.88 bits per heavy atom. The number of aryl methyl sites for hydroxylation is 2. The fourth-order valence-corrected chi connectivity index (χ4v) is 3.41. The van der Waals surface area contributed by atoms with E-state index >= 15 is 0 Å². The highest BCUT2D eigenvalue weighted by Crippen LogP contribution is 2.33. The normalized spacial score (nSPS) is 11.5. The van der Waals surface area contributed by atoms with Crippen LogP contribution in [0.1, 0.15) is 28.5 Å². The molecule has 1 aromatic carbocycles. The number of carbonyl (C=O) groups excluding carboxylic acids is 2. The van der Waals surface area contributed by atoms with Crippen LogP contribution in [-0.2, 0) is 29.3 Å². The number of aromatic nitrogens is 3. The summed E-state index contributed by atoms with van der Waals surface area (Å²) >= 11 is 5.88. The number of pyridine rings is 1. The van der Waals surface area contributed by atoms with E-state index in [1.807, 2.05) is 0 Å². The van der Waals surface area contributed by atoms with E-state index < -0.39 is 41.4 Å². The molecule has 0 aliphatic heterocycles. The molecular weight excluding hydrogens is 481 g/mol. The van der Waals surface area contributed by atoms with Crippen molar-refractivity contribution in [2.45, 2.75) is 26.6 Å². The van der Waals surface area contributed by atoms with Crippen LogP contribution in [0.3, 0.4) is 0 Å². The molecule has 0 radical (unpaired) electrons. The lowest BCUT2D eigenvalue weighted by molar-refractivity contribution is -0.137. The molecule has 9 nitrogen and oxygen atoms in total.